The molecule has 1 aliphatic heterocycles. The van der Waals surface area contributed by atoms with E-state index in [9.17, 15) is 13.2 Å². The molecule has 0 radical (unpaired) electrons. The number of fused-ring (bicyclic) bond motifs is 1. The number of carbonyl (C=O) groups excluding carboxylic acids is 1. The highest BCUT2D eigenvalue weighted by Gasteiger charge is 2.24. The predicted molar refractivity (Wildman–Crippen MR) is 169 cm³/mol. The number of carbonyl (C=O) groups is 1. The first kappa shape index (κ1) is 30.5. The van der Waals surface area contributed by atoms with Gasteiger partial charge in [-0.25, -0.2) is 12.7 Å². The summed E-state index contributed by atoms with van der Waals surface area (Å²) in [6.07, 6.45) is 3.77. The molecule has 0 amide bonds. The number of methoxy groups -OCH3 is 2. The third-order valence-corrected chi connectivity index (χ3v) is 9.75. The van der Waals surface area contributed by atoms with Gasteiger partial charge >= 0.3 is 0 Å². The Kier molecular flexibility index (Phi) is 9.34. The Morgan fingerprint density at radius 2 is 1.53 bits per heavy atom. The monoisotopic (exact) mass is 602 g/mol. The molecule has 1 aliphatic rings. The molecule has 0 aromatic heterocycles. The van der Waals surface area contributed by atoms with Crippen molar-refractivity contribution in [2.24, 2.45) is 0 Å². The van der Waals surface area contributed by atoms with Gasteiger partial charge in [0.1, 0.15) is 23.9 Å². The van der Waals surface area contributed by atoms with Crippen LogP contribution in [0.3, 0.4) is 0 Å². The molecule has 0 saturated carbocycles. The lowest BCUT2D eigenvalue weighted by Gasteiger charge is -2.26. The number of hydrogen-bond donors (Lipinski definition) is 0. The number of rotatable bonds is 11. The maximum Gasteiger partial charge on any atom is 0.242 e. The fraction of sp³-hybridized carbons (Fsp3) is 0.324. The van der Waals surface area contributed by atoms with Crippen LogP contribution in [-0.2, 0) is 10.0 Å². The second kappa shape index (κ2) is 13.2. The molecule has 8 nitrogen and oxygen atoms in total. The number of ether oxygens (including phenoxy) is 3. The van der Waals surface area contributed by atoms with E-state index >= 15 is 0 Å². The summed E-state index contributed by atoms with van der Waals surface area (Å²) in [6, 6.07) is 21.2. The van der Waals surface area contributed by atoms with Gasteiger partial charge in [-0.2, -0.15) is 0 Å². The molecule has 0 bridgehead atoms. The van der Waals surface area contributed by atoms with E-state index in [-0.39, 0.29) is 10.7 Å². The Balaban J connectivity index is 1.54. The van der Waals surface area contributed by atoms with E-state index in [0.717, 1.165) is 29.3 Å². The largest absolute Gasteiger partial charge is 0.497 e. The third kappa shape index (κ3) is 6.54. The van der Waals surface area contributed by atoms with Gasteiger partial charge in [-0.1, -0.05) is 18.6 Å². The van der Waals surface area contributed by atoms with Crippen LogP contribution in [0.2, 0.25) is 0 Å². The first-order chi connectivity index (χ1) is 20.7. The SMILES string of the molecule is COc1ccc2c(C(=O)c3ccc(OCCN4CCCCC4)cc3)c(-c3cc(S(=O)(=O)N(C)C)ccc3OC)ccc2c1. The molecule has 1 heterocycles. The first-order valence-electron chi connectivity index (χ1n) is 14.4. The summed E-state index contributed by atoms with van der Waals surface area (Å²) in [4.78, 5) is 16.8. The highest BCUT2D eigenvalue weighted by atomic mass is 32.2. The molecule has 0 N–H and O–H groups in total. The van der Waals surface area contributed by atoms with Crippen molar-refractivity contribution in [2.45, 2.75) is 24.2 Å². The summed E-state index contributed by atoms with van der Waals surface area (Å²) < 4.78 is 44.3. The van der Waals surface area contributed by atoms with Gasteiger partial charge in [-0.3, -0.25) is 9.69 Å². The molecule has 1 saturated heterocycles. The summed E-state index contributed by atoms with van der Waals surface area (Å²) in [5.41, 5.74) is 2.00. The lowest BCUT2D eigenvalue weighted by Crippen LogP contribution is -2.33. The number of ketones is 1. The molecule has 0 atom stereocenters. The van der Waals surface area contributed by atoms with E-state index in [1.165, 1.54) is 46.5 Å². The molecule has 0 spiro atoms. The van der Waals surface area contributed by atoms with Crippen molar-refractivity contribution in [1.82, 2.24) is 9.21 Å². The van der Waals surface area contributed by atoms with Crippen LogP contribution in [-0.4, -0.2) is 78.0 Å². The summed E-state index contributed by atoms with van der Waals surface area (Å²) >= 11 is 0. The third-order valence-electron chi connectivity index (χ3n) is 7.94. The quantitative estimate of drug-likeness (QED) is 0.199. The number of benzene rings is 4. The molecule has 226 valence electrons. The van der Waals surface area contributed by atoms with E-state index in [1.54, 1.807) is 31.4 Å². The standard InChI is InChI=1S/C34H38N2O6S/c1-35(2)43(38,39)28-14-17-32(41-4)31(23-28)30-15-10-25-22-27(40-3)13-16-29(25)33(30)34(37)24-8-11-26(12-9-24)42-21-20-36-18-6-5-7-19-36/h8-17,22-23H,5-7,18-21H2,1-4H3. The number of nitrogens with zero attached hydrogens (tertiary/aromatic N) is 2. The van der Waals surface area contributed by atoms with Crippen LogP contribution in [0.15, 0.2) is 77.7 Å². The van der Waals surface area contributed by atoms with Crippen LogP contribution >= 0.6 is 0 Å². The zero-order valence-electron chi connectivity index (χ0n) is 25.1. The number of piperidine rings is 1. The Morgan fingerprint density at radius 3 is 2.21 bits per heavy atom. The van der Waals surface area contributed by atoms with E-state index in [2.05, 4.69) is 4.90 Å². The van der Waals surface area contributed by atoms with Crippen molar-refractivity contribution in [3.8, 4) is 28.4 Å². The predicted octanol–water partition coefficient (Wildman–Crippen LogP) is 5.87. The van der Waals surface area contributed by atoms with Crippen LogP contribution in [0.5, 0.6) is 17.2 Å². The van der Waals surface area contributed by atoms with Crippen molar-refractivity contribution >= 4 is 26.6 Å². The number of sulfonamides is 1. The van der Waals surface area contributed by atoms with Crippen LogP contribution in [0.4, 0.5) is 0 Å². The molecule has 4 aromatic carbocycles. The Hall–Kier alpha value is -3.92. The maximum atomic E-state index is 14.3. The molecule has 9 heteroatoms. The van der Waals surface area contributed by atoms with Crippen molar-refractivity contribution < 1.29 is 27.4 Å². The minimum absolute atomic E-state index is 0.104. The molecular weight excluding hydrogens is 564 g/mol. The van der Waals surface area contributed by atoms with Crippen LogP contribution in [0, 0.1) is 0 Å². The molecule has 0 aliphatic carbocycles. The number of hydrogen-bond acceptors (Lipinski definition) is 7. The highest BCUT2D eigenvalue weighted by molar-refractivity contribution is 7.89. The smallest absolute Gasteiger partial charge is 0.242 e. The van der Waals surface area contributed by atoms with Gasteiger partial charge in [0.15, 0.2) is 5.78 Å². The normalized spacial score (nSPS) is 14.2. The van der Waals surface area contributed by atoms with Gasteiger partial charge in [0.05, 0.1) is 19.1 Å². The zero-order chi connectivity index (χ0) is 30.6. The number of likely N-dealkylation sites (tertiary alicyclic amines) is 1. The first-order valence-corrected chi connectivity index (χ1v) is 15.9. The summed E-state index contributed by atoms with van der Waals surface area (Å²) in [6.45, 7) is 3.71. The van der Waals surface area contributed by atoms with Gasteiger partial charge in [-0.15, -0.1) is 0 Å². The molecule has 5 rings (SSSR count). The summed E-state index contributed by atoms with van der Waals surface area (Å²) in [5, 5.41) is 1.54. The second-order valence-corrected chi connectivity index (χ2v) is 13.0. The molecule has 4 aromatic rings. The maximum absolute atomic E-state index is 14.3. The average molecular weight is 603 g/mol. The Bertz CT molecular complexity index is 1710. The molecule has 1 fully saturated rings. The molecular formula is C34H38N2O6S. The van der Waals surface area contributed by atoms with Crippen LogP contribution in [0.25, 0.3) is 21.9 Å². The minimum Gasteiger partial charge on any atom is -0.497 e. The zero-order valence-corrected chi connectivity index (χ0v) is 25.9. The summed E-state index contributed by atoms with van der Waals surface area (Å²) in [7, 11) is 2.36. The van der Waals surface area contributed by atoms with Crippen molar-refractivity contribution in [2.75, 3.05) is 54.6 Å². The van der Waals surface area contributed by atoms with Gasteiger partial charge in [0.25, 0.3) is 0 Å². The van der Waals surface area contributed by atoms with E-state index in [4.69, 9.17) is 14.2 Å². The van der Waals surface area contributed by atoms with Crippen LogP contribution in [0.1, 0.15) is 35.2 Å². The topological polar surface area (TPSA) is 85.4 Å². The van der Waals surface area contributed by atoms with Crippen molar-refractivity contribution in [3.63, 3.8) is 0 Å². The molecule has 0 unspecified atom stereocenters. The highest BCUT2D eigenvalue weighted by Crippen LogP contribution is 2.39. The Labute approximate surface area is 253 Å². The lowest BCUT2D eigenvalue weighted by molar-refractivity contribution is 0.104. The molecule has 43 heavy (non-hydrogen) atoms. The van der Waals surface area contributed by atoms with Gasteiger partial charge in [-0.05, 0) is 103 Å². The fourth-order valence-electron chi connectivity index (χ4n) is 5.50. The van der Waals surface area contributed by atoms with Crippen molar-refractivity contribution in [1.29, 1.82) is 0 Å². The van der Waals surface area contributed by atoms with E-state index in [0.29, 0.717) is 51.5 Å². The van der Waals surface area contributed by atoms with Gasteiger partial charge in [0.2, 0.25) is 10.0 Å². The second-order valence-electron chi connectivity index (χ2n) is 10.8. The van der Waals surface area contributed by atoms with E-state index in [1.807, 2.05) is 42.5 Å². The lowest BCUT2D eigenvalue weighted by atomic mass is 9.89. The fourth-order valence-corrected chi connectivity index (χ4v) is 6.42. The van der Waals surface area contributed by atoms with Crippen LogP contribution < -0.4 is 14.2 Å². The average Bonchev–Trinajstić information content (AvgIpc) is 3.04. The van der Waals surface area contributed by atoms with Gasteiger partial charge in [0, 0.05) is 37.3 Å². The Morgan fingerprint density at radius 1 is 0.814 bits per heavy atom. The van der Waals surface area contributed by atoms with Gasteiger partial charge < -0.3 is 14.2 Å². The van der Waals surface area contributed by atoms with E-state index < -0.39 is 10.0 Å². The minimum atomic E-state index is -3.73. The van der Waals surface area contributed by atoms with Crippen molar-refractivity contribution in [3.05, 3.63) is 83.9 Å². The summed E-state index contributed by atoms with van der Waals surface area (Å²) in [5.74, 6) is 1.63.